The van der Waals surface area contributed by atoms with Crippen LogP contribution in [0.5, 0.6) is 0 Å². The van der Waals surface area contributed by atoms with Crippen molar-refractivity contribution in [2.24, 2.45) is 27.9 Å². The zero-order valence-corrected chi connectivity index (χ0v) is 27.4. The molecule has 50 heavy (non-hydrogen) atoms. The maximum absolute atomic E-state index is 13.9. The number of aliphatic carboxylic acids is 1. The number of urea groups is 1. The maximum Gasteiger partial charge on any atom is 0.322 e. The number of guanidine groups is 1. The summed E-state index contributed by atoms with van der Waals surface area (Å²) >= 11 is 0. The summed E-state index contributed by atoms with van der Waals surface area (Å²) < 4.78 is 0. The van der Waals surface area contributed by atoms with Crippen LogP contribution >= 0.6 is 0 Å². The minimum absolute atomic E-state index is 0.0225. The van der Waals surface area contributed by atoms with Crippen molar-refractivity contribution in [2.75, 3.05) is 26.2 Å². The molecule has 0 unspecified atom stereocenters. The Labute approximate surface area is 286 Å². The summed E-state index contributed by atoms with van der Waals surface area (Å²) in [5.74, 6) is -6.68. The third-order valence-corrected chi connectivity index (χ3v) is 7.76. The molecule has 2 aliphatic rings. The molecular formula is C28H46N12O10. The van der Waals surface area contributed by atoms with Crippen LogP contribution in [0.4, 0.5) is 4.79 Å². The molecule has 0 spiro atoms. The van der Waals surface area contributed by atoms with Crippen molar-refractivity contribution < 1.29 is 48.3 Å². The highest BCUT2D eigenvalue weighted by Crippen LogP contribution is 2.20. The number of primary amides is 2. The first kappa shape index (κ1) is 40.5. The molecule has 278 valence electrons. The van der Waals surface area contributed by atoms with Crippen LogP contribution in [0, 0.1) is 0 Å². The number of nitrogens with two attached hydrogens (primary N) is 4. The lowest BCUT2D eigenvalue weighted by Gasteiger charge is -2.30. The maximum atomic E-state index is 13.9. The number of likely N-dealkylation sites (tertiary alicyclic amines) is 1. The first-order chi connectivity index (χ1) is 23.6. The molecule has 0 aromatic heterocycles. The number of carbonyl (C=O) groups is 9. The standard InChI is InChI=1S/C28H46N12O10/c29-19(41)12-17(39-23(46)15-7-8-20(42)36-15)24(47)38-16(5-2-10-34-28(32)50)26(49)40-11-3-6-18(40)25(48)37-14(4-1-9-33-27(30)31)22(45)35-13-21(43)44/h14-18H,1-13H2,(H2,29,41)(H,35,45)(H,36,42)(H,37,48)(H,38,47)(H,39,46)(H,43,44)(H4,30,31,33)(H3,32,34,50)/t14-,15-,16-,17-,18-/m0/s1. The highest BCUT2D eigenvalue weighted by Gasteiger charge is 2.40. The predicted octanol–water partition coefficient (Wildman–Crippen LogP) is -5.71. The summed E-state index contributed by atoms with van der Waals surface area (Å²) in [7, 11) is 0. The van der Waals surface area contributed by atoms with Gasteiger partial charge in [-0.3, -0.25) is 43.3 Å². The lowest BCUT2D eigenvalue weighted by molar-refractivity contribution is -0.143. The molecule has 0 aliphatic carbocycles. The Bertz CT molecular complexity index is 1340. The molecule has 0 bridgehead atoms. The average Bonchev–Trinajstić information content (AvgIpc) is 3.71. The van der Waals surface area contributed by atoms with Crippen molar-refractivity contribution in [1.29, 1.82) is 0 Å². The number of amides is 9. The second kappa shape index (κ2) is 20.0. The van der Waals surface area contributed by atoms with E-state index in [1.54, 1.807) is 0 Å². The molecule has 0 saturated carbocycles. The van der Waals surface area contributed by atoms with Crippen LogP contribution in [0.2, 0.25) is 0 Å². The summed E-state index contributed by atoms with van der Waals surface area (Å²) in [6, 6.07) is -6.89. The quantitative estimate of drug-likeness (QED) is 0.0320. The van der Waals surface area contributed by atoms with Gasteiger partial charge >= 0.3 is 12.0 Å². The molecule has 2 heterocycles. The van der Waals surface area contributed by atoms with Crippen molar-refractivity contribution in [1.82, 2.24) is 36.8 Å². The third kappa shape index (κ3) is 13.8. The molecule has 9 amide bonds. The van der Waals surface area contributed by atoms with Gasteiger partial charge in [-0.15, -0.1) is 0 Å². The molecule has 0 aromatic carbocycles. The number of nitrogens with zero attached hydrogens (tertiary/aromatic N) is 2. The minimum Gasteiger partial charge on any atom is -0.480 e. The van der Waals surface area contributed by atoms with Gasteiger partial charge in [0.2, 0.25) is 41.4 Å². The van der Waals surface area contributed by atoms with Crippen molar-refractivity contribution in [3.63, 3.8) is 0 Å². The van der Waals surface area contributed by atoms with Crippen molar-refractivity contribution in [3.8, 4) is 0 Å². The van der Waals surface area contributed by atoms with Gasteiger partial charge in [0.1, 0.15) is 36.8 Å². The van der Waals surface area contributed by atoms with Gasteiger partial charge in [-0.05, 0) is 44.9 Å². The molecule has 22 heteroatoms. The molecule has 5 atom stereocenters. The van der Waals surface area contributed by atoms with E-state index in [-0.39, 0.29) is 76.4 Å². The molecule has 2 aliphatic heterocycles. The Hall–Kier alpha value is -5.70. The smallest absolute Gasteiger partial charge is 0.322 e. The molecule has 15 N–H and O–H groups in total. The fourth-order valence-electron chi connectivity index (χ4n) is 5.37. The first-order valence-electron chi connectivity index (χ1n) is 16.0. The van der Waals surface area contributed by atoms with E-state index in [2.05, 4.69) is 36.9 Å². The summed E-state index contributed by atoms with van der Waals surface area (Å²) in [6.07, 6.45) is 0.512. The third-order valence-electron chi connectivity index (χ3n) is 7.76. The van der Waals surface area contributed by atoms with E-state index in [0.717, 1.165) is 0 Å². The van der Waals surface area contributed by atoms with E-state index in [1.807, 2.05) is 0 Å². The summed E-state index contributed by atoms with van der Waals surface area (Å²) in [5.41, 5.74) is 21.1. The van der Waals surface area contributed by atoms with Crippen molar-refractivity contribution >= 4 is 59.3 Å². The Morgan fingerprint density at radius 1 is 0.860 bits per heavy atom. The van der Waals surface area contributed by atoms with Gasteiger partial charge < -0.3 is 64.8 Å². The first-order valence-corrected chi connectivity index (χ1v) is 16.0. The van der Waals surface area contributed by atoms with Crippen LogP contribution in [0.15, 0.2) is 4.99 Å². The SMILES string of the molecule is NC(=O)C[C@H](NC(=O)[C@@H]1CCC(=O)N1)C(=O)N[C@@H](CCCNC(N)=O)C(=O)N1CCC[C@H]1C(=O)N[C@@H](CCCN=C(N)N)C(=O)NCC(=O)O. The zero-order valence-electron chi connectivity index (χ0n) is 27.4. The Balaban J connectivity index is 2.24. The van der Waals surface area contributed by atoms with E-state index < -0.39 is 90.6 Å². The minimum atomic E-state index is -1.52. The number of hydrogen-bond acceptors (Lipinski definition) is 10. The average molecular weight is 711 g/mol. The Morgan fingerprint density at radius 2 is 1.54 bits per heavy atom. The van der Waals surface area contributed by atoms with E-state index in [9.17, 15) is 43.2 Å². The monoisotopic (exact) mass is 710 g/mol. The summed E-state index contributed by atoms with van der Waals surface area (Å²) in [5, 5.41) is 23.4. The van der Waals surface area contributed by atoms with Crippen LogP contribution in [-0.4, -0.2) is 126 Å². The normalized spacial score (nSPS) is 18.4. The van der Waals surface area contributed by atoms with Crippen LogP contribution < -0.4 is 54.8 Å². The topological polar surface area (TPSA) is 366 Å². The predicted molar refractivity (Wildman–Crippen MR) is 173 cm³/mol. The molecule has 22 nitrogen and oxygen atoms in total. The Morgan fingerprint density at radius 3 is 2.14 bits per heavy atom. The summed E-state index contributed by atoms with van der Waals surface area (Å²) in [6.45, 7) is -0.472. The fraction of sp³-hybridized carbons (Fsp3) is 0.643. The van der Waals surface area contributed by atoms with Crippen molar-refractivity contribution in [2.45, 2.75) is 88.0 Å². The van der Waals surface area contributed by atoms with Gasteiger partial charge in [0.25, 0.3) is 0 Å². The second-order valence-electron chi connectivity index (χ2n) is 11.7. The lowest BCUT2D eigenvalue weighted by atomic mass is 10.1. The largest absolute Gasteiger partial charge is 0.480 e. The molecular weight excluding hydrogens is 664 g/mol. The molecule has 2 saturated heterocycles. The Kier molecular flexibility index (Phi) is 16.2. The number of carbonyl (C=O) groups excluding carboxylic acids is 8. The van der Waals surface area contributed by atoms with Gasteiger partial charge in [-0.1, -0.05) is 0 Å². The van der Waals surface area contributed by atoms with E-state index >= 15 is 0 Å². The number of carboxylic acid groups (broad SMARTS) is 1. The summed E-state index contributed by atoms with van der Waals surface area (Å²) in [4.78, 5) is 117. The highest BCUT2D eigenvalue weighted by atomic mass is 16.4. The van der Waals surface area contributed by atoms with Crippen LogP contribution in [0.1, 0.15) is 57.8 Å². The van der Waals surface area contributed by atoms with Crippen LogP contribution in [0.3, 0.4) is 0 Å². The number of nitrogens with one attached hydrogen (secondary N) is 6. The molecule has 2 fully saturated rings. The zero-order chi connectivity index (χ0) is 37.4. The van der Waals surface area contributed by atoms with Gasteiger partial charge in [0.15, 0.2) is 5.96 Å². The van der Waals surface area contributed by atoms with E-state index in [1.165, 1.54) is 4.90 Å². The van der Waals surface area contributed by atoms with Crippen molar-refractivity contribution in [3.05, 3.63) is 0 Å². The number of rotatable bonds is 20. The fourth-order valence-corrected chi connectivity index (χ4v) is 5.37. The molecule has 0 radical (unpaired) electrons. The number of carboxylic acids is 1. The van der Waals surface area contributed by atoms with Crippen LogP contribution in [-0.2, 0) is 38.4 Å². The molecule has 0 aromatic rings. The van der Waals surface area contributed by atoms with E-state index in [0.29, 0.717) is 6.42 Å². The van der Waals surface area contributed by atoms with Gasteiger partial charge in [-0.25, -0.2) is 4.79 Å². The number of hydrogen-bond donors (Lipinski definition) is 11. The van der Waals surface area contributed by atoms with Crippen LogP contribution in [0.25, 0.3) is 0 Å². The lowest BCUT2D eigenvalue weighted by Crippen LogP contribution is -2.59. The van der Waals surface area contributed by atoms with Gasteiger partial charge in [0.05, 0.1) is 6.42 Å². The van der Waals surface area contributed by atoms with Gasteiger partial charge in [-0.2, -0.15) is 0 Å². The molecule has 2 rings (SSSR count). The van der Waals surface area contributed by atoms with E-state index in [4.69, 9.17) is 28.0 Å². The second-order valence-corrected chi connectivity index (χ2v) is 11.7. The van der Waals surface area contributed by atoms with Gasteiger partial charge in [0, 0.05) is 26.1 Å². The highest BCUT2D eigenvalue weighted by molar-refractivity contribution is 5.98. The number of aliphatic imine (C=N–C) groups is 1.